The van der Waals surface area contributed by atoms with Crippen LogP contribution in [0.1, 0.15) is 80.2 Å². The van der Waals surface area contributed by atoms with Crippen LogP contribution < -0.4 is 10.6 Å². The van der Waals surface area contributed by atoms with Gasteiger partial charge in [0.25, 0.3) is 11.8 Å². The molecule has 2 atom stereocenters. The van der Waals surface area contributed by atoms with E-state index < -0.39 is 17.6 Å². The number of aromatic nitrogens is 2. The summed E-state index contributed by atoms with van der Waals surface area (Å²) in [5.74, 6) is 0.187. The van der Waals surface area contributed by atoms with Crippen LogP contribution in [0.4, 0.5) is 5.82 Å². The van der Waals surface area contributed by atoms with E-state index in [0.717, 1.165) is 29.8 Å². The summed E-state index contributed by atoms with van der Waals surface area (Å²) in [5.41, 5.74) is 0.923. The van der Waals surface area contributed by atoms with Crippen molar-refractivity contribution in [2.24, 2.45) is 0 Å². The molecule has 0 bridgehead atoms. The van der Waals surface area contributed by atoms with E-state index in [1.807, 2.05) is 38.7 Å². The van der Waals surface area contributed by atoms with E-state index in [-0.39, 0.29) is 28.7 Å². The van der Waals surface area contributed by atoms with Crippen LogP contribution in [0.15, 0.2) is 12.3 Å². The Hall–Kier alpha value is -2.52. The van der Waals surface area contributed by atoms with Gasteiger partial charge >= 0.3 is 0 Å². The Bertz CT molecular complexity index is 1030. The molecule has 3 heterocycles. The Labute approximate surface area is 199 Å². The molecule has 2 aromatic heterocycles. The molecule has 0 unspecified atom stereocenters. The molecule has 1 fully saturated rings. The third-order valence-electron chi connectivity index (χ3n) is 6.04. The van der Waals surface area contributed by atoms with Gasteiger partial charge in [0.1, 0.15) is 11.5 Å². The molecular formula is C24H35N5O3S. The minimum atomic E-state index is -1.08. The van der Waals surface area contributed by atoms with Crippen molar-refractivity contribution in [1.82, 2.24) is 20.2 Å². The number of thiazole rings is 1. The first-order valence-electron chi connectivity index (χ1n) is 11.5. The average Bonchev–Trinajstić information content (AvgIpc) is 3.33. The number of rotatable bonds is 7. The molecule has 1 saturated heterocycles. The molecule has 1 aliphatic heterocycles. The van der Waals surface area contributed by atoms with Crippen molar-refractivity contribution in [2.45, 2.75) is 85.0 Å². The number of aliphatic hydroxyl groups is 1. The van der Waals surface area contributed by atoms with Crippen molar-refractivity contribution in [2.75, 3.05) is 11.9 Å². The number of pyridine rings is 1. The summed E-state index contributed by atoms with van der Waals surface area (Å²) < 4.78 is 0. The molecule has 180 valence electrons. The lowest BCUT2D eigenvalue weighted by molar-refractivity contribution is 0.0408. The Morgan fingerprint density at radius 1 is 1.30 bits per heavy atom. The van der Waals surface area contributed by atoms with Crippen molar-refractivity contribution >= 4 is 29.0 Å². The van der Waals surface area contributed by atoms with E-state index in [1.165, 1.54) is 11.3 Å². The van der Waals surface area contributed by atoms with Gasteiger partial charge in [-0.1, -0.05) is 0 Å². The second kappa shape index (κ2) is 9.77. The van der Waals surface area contributed by atoms with E-state index in [9.17, 15) is 14.7 Å². The van der Waals surface area contributed by atoms with Gasteiger partial charge in [0.05, 0.1) is 16.5 Å². The zero-order valence-corrected chi connectivity index (χ0v) is 21.3. The summed E-state index contributed by atoms with van der Waals surface area (Å²) in [6, 6.07) is 1.84. The number of nitrogens with one attached hydrogen (secondary N) is 2. The standard InChI is InChI=1S/C24H35N5O3S/c1-13(2)26-18-11-14(3)17(12-25-18)20-19(23(31)29-10-8-9-15(29)4)28-22(33-20)21(30)27-16(5)24(6,7)32/h11-13,15-16,32H,8-10H2,1-7H3,(H,25,26)(H,27,30)/t15-,16+/m0/s1. The van der Waals surface area contributed by atoms with Gasteiger partial charge in [0, 0.05) is 30.4 Å². The lowest BCUT2D eigenvalue weighted by atomic mass is 10.0. The monoisotopic (exact) mass is 473 g/mol. The number of anilines is 1. The van der Waals surface area contributed by atoms with Crippen LogP contribution in [0.25, 0.3) is 10.4 Å². The molecule has 9 heteroatoms. The summed E-state index contributed by atoms with van der Waals surface area (Å²) >= 11 is 1.18. The Morgan fingerprint density at radius 2 is 2.00 bits per heavy atom. The molecule has 2 aromatic rings. The third kappa shape index (κ3) is 5.70. The number of amides is 2. The molecule has 0 aliphatic carbocycles. The van der Waals surface area contributed by atoms with E-state index in [4.69, 9.17) is 0 Å². The second-order valence-electron chi connectivity index (χ2n) is 9.72. The number of hydrogen-bond acceptors (Lipinski definition) is 7. The molecule has 0 spiro atoms. The number of likely N-dealkylation sites (tertiary alicyclic amines) is 1. The van der Waals surface area contributed by atoms with Crippen molar-refractivity contribution in [3.05, 3.63) is 28.5 Å². The largest absolute Gasteiger partial charge is 0.388 e. The van der Waals surface area contributed by atoms with Gasteiger partial charge in [0.15, 0.2) is 5.01 Å². The zero-order valence-electron chi connectivity index (χ0n) is 20.5. The highest BCUT2D eigenvalue weighted by atomic mass is 32.1. The lowest BCUT2D eigenvalue weighted by Gasteiger charge is -2.26. The number of carbonyl (C=O) groups is 2. The number of nitrogens with zero attached hydrogens (tertiary/aromatic N) is 3. The van der Waals surface area contributed by atoms with E-state index in [0.29, 0.717) is 11.4 Å². The van der Waals surface area contributed by atoms with Crippen LogP contribution in [0, 0.1) is 6.92 Å². The third-order valence-corrected chi connectivity index (χ3v) is 7.12. The fourth-order valence-corrected chi connectivity index (χ4v) is 4.75. The van der Waals surface area contributed by atoms with Crippen molar-refractivity contribution in [3.63, 3.8) is 0 Å². The first-order chi connectivity index (χ1) is 15.4. The number of hydrogen-bond donors (Lipinski definition) is 3. The fourth-order valence-electron chi connectivity index (χ4n) is 3.72. The maximum Gasteiger partial charge on any atom is 0.280 e. The number of aryl methyl sites for hydroxylation is 1. The van der Waals surface area contributed by atoms with Crippen molar-refractivity contribution in [3.8, 4) is 10.4 Å². The maximum atomic E-state index is 13.5. The summed E-state index contributed by atoms with van der Waals surface area (Å²) in [4.78, 5) is 37.9. The van der Waals surface area contributed by atoms with Crippen molar-refractivity contribution < 1.29 is 14.7 Å². The van der Waals surface area contributed by atoms with Crippen LogP contribution in [0.5, 0.6) is 0 Å². The van der Waals surface area contributed by atoms with Gasteiger partial charge in [-0.25, -0.2) is 9.97 Å². The van der Waals surface area contributed by atoms with Crippen LogP contribution in [0.3, 0.4) is 0 Å². The Balaban J connectivity index is 2.02. The van der Waals surface area contributed by atoms with E-state index in [1.54, 1.807) is 27.0 Å². The number of carbonyl (C=O) groups excluding carboxylic acids is 2. The molecule has 33 heavy (non-hydrogen) atoms. The van der Waals surface area contributed by atoms with Crippen LogP contribution in [0.2, 0.25) is 0 Å². The molecule has 1 aliphatic rings. The molecule has 3 rings (SSSR count). The van der Waals surface area contributed by atoms with Gasteiger partial charge in [0.2, 0.25) is 0 Å². The highest BCUT2D eigenvalue weighted by molar-refractivity contribution is 7.17. The summed E-state index contributed by atoms with van der Waals surface area (Å²) in [6.07, 6.45) is 3.65. The maximum absolute atomic E-state index is 13.5. The molecule has 0 aromatic carbocycles. The highest BCUT2D eigenvalue weighted by Crippen LogP contribution is 2.35. The van der Waals surface area contributed by atoms with Gasteiger partial charge in [-0.15, -0.1) is 11.3 Å². The summed E-state index contributed by atoms with van der Waals surface area (Å²) in [6.45, 7) is 13.8. The SMILES string of the molecule is Cc1cc(NC(C)C)ncc1-c1sc(C(=O)N[C@H](C)C(C)(C)O)nc1C(=O)N1CCC[C@@H]1C. The second-order valence-corrected chi connectivity index (χ2v) is 10.7. The molecule has 0 saturated carbocycles. The Morgan fingerprint density at radius 3 is 2.55 bits per heavy atom. The fraction of sp³-hybridized carbons (Fsp3) is 0.583. The first-order valence-corrected chi connectivity index (χ1v) is 12.3. The molecule has 8 nitrogen and oxygen atoms in total. The minimum absolute atomic E-state index is 0.136. The van der Waals surface area contributed by atoms with Gasteiger partial charge in [-0.05, 0) is 72.9 Å². The summed E-state index contributed by atoms with van der Waals surface area (Å²) in [7, 11) is 0. The lowest BCUT2D eigenvalue weighted by Crippen LogP contribution is -2.47. The van der Waals surface area contributed by atoms with Gasteiger partial charge in [-0.3, -0.25) is 9.59 Å². The quantitative estimate of drug-likeness (QED) is 0.564. The van der Waals surface area contributed by atoms with E-state index in [2.05, 4.69) is 20.6 Å². The normalized spacial score (nSPS) is 17.4. The highest BCUT2D eigenvalue weighted by Gasteiger charge is 2.33. The van der Waals surface area contributed by atoms with Crippen LogP contribution in [-0.4, -0.2) is 62.1 Å². The molecular weight excluding hydrogens is 438 g/mol. The predicted molar refractivity (Wildman–Crippen MR) is 132 cm³/mol. The van der Waals surface area contributed by atoms with Gasteiger partial charge in [-0.2, -0.15) is 0 Å². The van der Waals surface area contributed by atoms with Gasteiger partial charge < -0.3 is 20.6 Å². The van der Waals surface area contributed by atoms with Crippen molar-refractivity contribution in [1.29, 1.82) is 0 Å². The van der Waals surface area contributed by atoms with Crippen LogP contribution in [-0.2, 0) is 0 Å². The zero-order chi connectivity index (χ0) is 24.5. The molecule has 3 N–H and O–H groups in total. The predicted octanol–water partition coefficient (Wildman–Crippen LogP) is 3.85. The van der Waals surface area contributed by atoms with E-state index >= 15 is 0 Å². The average molecular weight is 474 g/mol. The topological polar surface area (TPSA) is 107 Å². The van der Waals surface area contributed by atoms with Crippen LogP contribution >= 0.6 is 11.3 Å². The minimum Gasteiger partial charge on any atom is -0.388 e. The molecule has 2 amide bonds. The summed E-state index contributed by atoms with van der Waals surface area (Å²) in [5, 5.41) is 16.5. The molecule has 0 radical (unpaired) electrons. The Kier molecular flexibility index (Phi) is 7.43. The smallest absolute Gasteiger partial charge is 0.280 e. The first kappa shape index (κ1) is 25.1.